The molecule has 2 aromatic carbocycles. The molecule has 0 bridgehead atoms. The number of benzene rings is 2. The van der Waals surface area contributed by atoms with Gasteiger partial charge in [0, 0.05) is 49.2 Å². The summed E-state index contributed by atoms with van der Waals surface area (Å²) in [6.45, 7) is 9.32. The van der Waals surface area contributed by atoms with Gasteiger partial charge < -0.3 is 25.1 Å². The fraction of sp³-hybridized carbons (Fsp3) is 0.293. The highest BCUT2D eigenvalue weighted by molar-refractivity contribution is 6.05. The Bertz CT molecular complexity index is 2920. The van der Waals surface area contributed by atoms with Crippen LogP contribution in [0.15, 0.2) is 61.2 Å². The van der Waals surface area contributed by atoms with Crippen LogP contribution in [0.4, 0.5) is 8.78 Å². The van der Waals surface area contributed by atoms with E-state index in [0.29, 0.717) is 69.0 Å². The monoisotopic (exact) mass is 805 g/mol. The molecule has 8 aromatic rings. The smallest absolute Gasteiger partial charge is 0.339 e. The highest BCUT2D eigenvalue weighted by Gasteiger charge is 2.26. The maximum atomic E-state index is 13.7. The third-order valence-electron chi connectivity index (χ3n) is 9.40. The topological polar surface area (TPSA) is 211 Å². The largest absolute Gasteiger partial charge is 0.478 e. The van der Waals surface area contributed by atoms with E-state index in [2.05, 4.69) is 45.4 Å². The lowest BCUT2D eigenvalue weighted by molar-refractivity contribution is -0.155. The molecule has 0 radical (unpaired) electrons. The average Bonchev–Trinajstić information content (AvgIpc) is 3.93. The van der Waals surface area contributed by atoms with Crippen molar-refractivity contribution in [3.8, 4) is 22.8 Å². The van der Waals surface area contributed by atoms with Crippen LogP contribution >= 0.6 is 0 Å². The Labute approximate surface area is 335 Å². The molecule has 18 heteroatoms. The summed E-state index contributed by atoms with van der Waals surface area (Å²) in [7, 11) is 3.44. The van der Waals surface area contributed by atoms with Gasteiger partial charge in [-0.2, -0.15) is 10.2 Å². The lowest BCUT2D eigenvalue weighted by Crippen LogP contribution is -2.43. The Kier molecular flexibility index (Phi) is 10.4. The van der Waals surface area contributed by atoms with Crippen molar-refractivity contribution in [2.75, 3.05) is 0 Å². The van der Waals surface area contributed by atoms with E-state index in [0.717, 1.165) is 10.8 Å². The molecular weight excluding hydrogens is 765 g/mol. The zero-order valence-electron chi connectivity index (χ0n) is 33.3. The van der Waals surface area contributed by atoms with E-state index in [1.54, 1.807) is 48.0 Å². The Morgan fingerprint density at radius 3 is 1.76 bits per heavy atom. The number of hydrogen-bond donors (Lipinski definition) is 4. The first-order chi connectivity index (χ1) is 27.9. The molecule has 0 spiro atoms. The maximum Gasteiger partial charge on any atom is 0.339 e. The Morgan fingerprint density at radius 1 is 0.780 bits per heavy atom. The van der Waals surface area contributed by atoms with Crippen molar-refractivity contribution in [3.05, 3.63) is 83.9 Å². The van der Waals surface area contributed by atoms with Crippen molar-refractivity contribution >= 4 is 62.0 Å². The first kappa shape index (κ1) is 40.1. The molecule has 8 rings (SSSR count). The van der Waals surface area contributed by atoms with E-state index in [1.165, 1.54) is 36.7 Å². The van der Waals surface area contributed by atoms with Gasteiger partial charge in [0.05, 0.1) is 29.0 Å². The molecule has 0 saturated carbocycles. The molecule has 0 saturated heterocycles. The molecule has 0 unspecified atom stereocenters. The summed E-state index contributed by atoms with van der Waals surface area (Å²) in [6, 6.07) is 8.80. The Balaban J connectivity index is 0.000000196. The zero-order chi connectivity index (χ0) is 42.4. The number of aromatic nitrogens is 10. The summed E-state index contributed by atoms with van der Waals surface area (Å²) < 4.78 is 35.6. The second-order valence-corrected chi connectivity index (χ2v) is 15.7. The summed E-state index contributed by atoms with van der Waals surface area (Å²) in [6.07, 6.45) is 7.46. The number of hydrogen-bond acceptors (Lipinski definition) is 10. The van der Waals surface area contributed by atoms with Crippen molar-refractivity contribution < 1.29 is 33.0 Å². The van der Waals surface area contributed by atoms with Crippen LogP contribution in [-0.4, -0.2) is 83.6 Å². The van der Waals surface area contributed by atoms with Gasteiger partial charge in [-0.05, 0) is 83.9 Å². The normalized spacial score (nSPS) is 11.9. The van der Waals surface area contributed by atoms with Gasteiger partial charge in [-0.15, -0.1) is 0 Å². The summed E-state index contributed by atoms with van der Waals surface area (Å²) in [5, 5.41) is 22.5. The average molecular weight is 806 g/mol. The molecule has 304 valence electrons. The number of esters is 1. The fourth-order valence-electron chi connectivity index (χ4n) is 6.69. The molecule has 0 fully saturated rings. The minimum absolute atomic E-state index is 0.0423. The Morgan fingerprint density at radius 2 is 1.27 bits per heavy atom. The van der Waals surface area contributed by atoms with Gasteiger partial charge in [-0.25, -0.2) is 33.5 Å². The van der Waals surface area contributed by atoms with Crippen LogP contribution in [0.5, 0.6) is 0 Å². The van der Waals surface area contributed by atoms with Crippen LogP contribution in [0.25, 0.3) is 66.9 Å². The lowest BCUT2D eigenvalue weighted by Gasteiger charge is -2.26. The first-order valence-corrected chi connectivity index (χ1v) is 18.6. The highest BCUT2D eigenvalue weighted by Crippen LogP contribution is 2.30. The second kappa shape index (κ2) is 15.3. The van der Waals surface area contributed by atoms with Crippen LogP contribution in [0.2, 0.25) is 0 Å². The van der Waals surface area contributed by atoms with Gasteiger partial charge in [-0.3, -0.25) is 19.0 Å². The van der Waals surface area contributed by atoms with Crippen LogP contribution in [0.1, 0.15) is 74.6 Å². The maximum absolute atomic E-state index is 13.7. The molecule has 0 aliphatic heterocycles. The molecule has 59 heavy (non-hydrogen) atoms. The van der Waals surface area contributed by atoms with Gasteiger partial charge in [0.25, 0.3) is 5.91 Å². The number of amides is 1. The number of ether oxygens (including phenoxy) is 1. The number of carboxylic acid groups (broad SMARTS) is 1. The minimum Gasteiger partial charge on any atom is -0.478 e. The van der Waals surface area contributed by atoms with E-state index in [4.69, 9.17) is 4.74 Å². The van der Waals surface area contributed by atoms with Crippen LogP contribution < -0.4 is 5.32 Å². The zero-order valence-corrected chi connectivity index (χ0v) is 33.3. The highest BCUT2D eigenvalue weighted by atomic mass is 19.1. The van der Waals surface area contributed by atoms with Crippen LogP contribution in [0, 0.1) is 11.6 Å². The van der Waals surface area contributed by atoms with E-state index in [-0.39, 0.29) is 41.0 Å². The van der Waals surface area contributed by atoms with Gasteiger partial charge in [0.15, 0.2) is 11.3 Å². The van der Waals surface area contributed by atoms with E-state index in [1.807, 2.05) is 34.6 Å². The standard InChI is InChI=1S/C26H31FN6O3.C15H10FN5O2/c1-25(2,3)36-20(34)8-7-11-26(4,5)31-24(35)17-13-28-23-22(17)30-18(14-29-23)21-16-10-9-15(27)12-19(16)33(6)32-21;1-21-11-4-7(16)2-3-8(11)12(20-21)10-6-18-14-13(19-10)9(5-17-14)15(22)23/h9-10,12-14H,7-8,11H2,1-6H3,(H,28,29)(H,31,35);2-6H,1H3,(H,17,18)(H,22,23). The summed E-state index contributed by atoms with van der Waals surface area (Å²) in [4.78, 5) is 59.8. The van der Waals surface area contributed by atoms with Gasteiger partial charge in [0.2, 0.25) is 0 Å². The SMILES string of the molecule is Cn1nc(-c2cnc3[nH]cc(C(=O)NC(C)(C)CCCC(=O)OC(C)(C)C)c3n2)c2ccc(F)cc21.Cn1nc(-c2cnc3[nH]cc(C(=O)O)c3n2)c2ccc(F)cc21. The number of rotatable bonds is 9. The summed E-state index contributed by atoms with van der Waals surface area (Å²) >= 11 is 0. The van der Waals surface area contributed by atoms with Crippen molar-refractivity contribution in [1.29, 1.82) is 0 Å². The molecule has 0 aliphatic rings. The summed E-state index contributed by atoms with van der Waals surface area (Å²) in [5.41, 5.74) is 4.07. The summed E-state index contributed by atoms with van der Waals surface area (Å²) in [5.74, 6) is -2.35. The van der Waals surface area contributed by atoms with Crippen molar-refractivity contribution in [2.45, 2.75) is 65.0 Å². The predicted molar refractivity (Wildman–Crippen MR) is 215 cm³/mol. The number of fused-ring (bicyclic) bond motifs is 4. The number of aromatic carboxylic acids is 1. The molecule has 0 atom stereocenters. The number of H-pyrrole nitrogens is 2. The molecule has 6 aromatic heterocycles. The second-order valence-electron chi connectivity index (χ2n) is 15.7. The third kappa shape index (κ3) is 8.46. The Hall–Kier alpha value is -7.11. The quantitative estimate of drug-likeness (QED) is 0.109. The fourth-order valence-corrected chi connectivity index (χ4v) is 6.69. The van der Waals surface area contributed by atoms with E-state index >= 15 is 0 Å². The first-order valence-electron chi connectivity index (χ1n) is 18.6. The molecule has 16 nitrogen and oxygen atoms in total. The number of aromatic amines is 2. The number of carbonyl (C=O) groups is 3. The third-order valence-corrected chi connectivity index (χ3v) is 9.40. The molecule has 6 heterocycles. The minimum atomic E-state index is -1.09. The number of carbonyl (C=O) groups excluding carboxylic acids is 2. The number of halogens is 2. The van der Waals surface area contributed by atoms with Gasteiger partial charge >= 0.3 is 11.9 Å². The van der Waals surface area contributed by atoms with Crippen molar-refractivity contribution in [3.63, 3.8) is 0 Å². The number of aryl methyl sites for hydroxylation is 2. The van der Waals surface area contributed by atoms with Crippen molar-refractivity contribution in [2.24, 2.45) is 14.1 Å². The number of carboxylic acids is 1. The van der Waals surface area contributed by atoms with E-state index < -0.39 is 17.1 Å². The number of nitrogens with zero attached hydrogens (tertiary/aromatic N) is 8. The van der Waals surface area contributed by atoms with Gasteiger partial charge in [-0.1, -0.05) is 0 Å². The molecule has 1 amide bonds. The molecule has 4 N–H and O–H groups in total. The van der Waals surface area contributed by atoms with Crippen LogP contribution in [0.3, 0.4) is 0 Å². The molecular formula is C41H41F2N11O5. The number of nitrogens with one attached hydrogen (secondary N) is 3. The van der Waals surface area contributed by atoms with Crippen LogP contribution in [-0.2, 0) is 23.6 Å². The molecule has 0 aliphatic carbocycles. The van der Waals surface area contributed by atoms with Gasteiger partial charge in [0.1, 0.15) is 56.6 Å². The predicted octanol–water partition coefficient (Wildman–Crippen LogP) is 7.02. The van der Waals surface area contributed by atoms with E-state index in [9.17, 15) is 28.3 Å². The lowest BCUT2D eigenvalue weighted by atomic mass is 9.96. The van der Waals surface area contributed by atoms with Crippen molar-refractivity contribution in [1.82, 2.24) is 54.8 Å².